The van der Waals surface area contributed by atoms with E-state index in [0.29, 0.717) is 43.8 Å². The second kappa shape index (κ2) is 11.9. The Morgan fingerprint density at radius 1 is 1.38 bits per heavy atom. The molecule has 1 saturated carbocycles. The number of carbonyl (C=O) groups is 2. The molecule has 190 valence electrons. The maximum Gasteiger partial charge on any atom is 0.245 e. The average molecular weight is 480 g/mol. The standard InChI is InChI=1S/C24H38FN5O4/c1-16-9-20(25)19(14-34-15-31)21(10-16)30-7-3-18(4-8-30)13-27-23(33)24(5-6-24)29-22(32)11-17(2)12-28-26/h10,16-18,26,31H,3-9,11-15H2,1-2H3,(H,27,33)(H,29,32). The fourth-order valence-electron chi connectivity index (χ4n) is 4.74. The van der Waals surface area contributed by atoms with E-state index < -0.39 is 12.3 Å². The van der Waals surface area contributed by atoms with E-state index >= 15 is 0 Å². The van der Waals surface area contributed by atoms with Gasteiger partial charge in [0.1, 0.15) is 18.2 Å². The molecule has 1 aliphatic heterocycles. The summed E-state index contributed by atoms with van der Waals surface area (Å²) in [6.45, 7) is 5.85. The monoisotopic (exact) mass is 479 g/mol. The minimum atomic E-state index is -0.789. The van der Waals surface area contributed by atoms with Crippen molar-refractivity contribution >= 4 is 11.8 Å². The molecule has 1 heterocycles. The molecular formula is C24H38FN5O4. The van der Waals surface area contributed by atoms with Gasteiger partial charge in [0.05, 0.1) is 13.2 Å². The molecule has 0 spiro atoms. The third kappa shape index (κ3) is 6.85. The zero-order valence-electron chi connectivity index (χ0n) is 20.2. The predicted octanol–water partition coefficient (Wildman–Crippen LogP) is 2.63. The second-order valence-corrected chi connectivity index (χ2v) is 10.0. The quantitative estimate of drug-likeness (QED) is 0.253. The zero-order chi connectivity index (χ0) is 24.7. The predicted molar refractivity (Wildman–Crippen MR) is 124 cm³/mol. The molecule has 3 rings (SSSR count). The number of aliphatic hydroxyl groups excluding tert-OH is 1. The van der Waals surface area contributed by atoms with Gasteiger partial charge in [-0.15, -0.1) is 0 Å². The largest absolute Gasteiger partial charge is 0.371 e. The van der Waals surface area contributed by atoms with Crippen LogP contribution in [0.4, 0.5) is 4.39 Å². The summed E-state index contributed by atoms with van der Waals surface area (Å²) in [5.74, 6) is -0.0696. The molecule has 34 heavy (non-hydrogen) atoms. The summed E-state index contributed by atoms with van der Waals surface area (Å²) in [7, 11) is 0. The molecule has 2 atom stereocenters. The summed E-state index contributed by atoms with van der Waals surface area (Å²) < 4.78 is 19.7. The van der Waals surface area contributed by atoms with Crippen LogP contribution < -0.4 is 10.6 Å². The lowest BCUT2D eigenvalue weighted by Gasteiger charge is -2.38. The highest BCUT2D eigenvalue weighted by atomic mass is 19.1. The van der Waals surface area contributed by atoms with Gasteiger partial charge in [-0.1, -0.05) is 19.9 Å². The van der Waals surface area contributed by atoms with E-state index in [2.05, 4.69) is 26.7 Å². The number of aliphatic hydroxyl groups is 1. The maximum absolute atomic E-state index is 14.6. The number of hydrogen-bond acceptors (Lipinski definition) is 7. The molecule has 10 heteroatoms. The molecule has 0 aromatic heterocycles. The molecule has 0 radical (unpaired) electrons. The molecule has 9 nitrogen and oxygen atoms in total. The van der Waals surface area contributed by atoms with Crippen molar-refractivity contribution in [3.05, 3.63) is 23.2 Å². The van der Waals surface area contributed by atoms with E-state index in [4.69, 9.17) is 15.4 Å². The number of amides is 2. The van der Waals surface area contributed by atoms with E-state index in [1.54, 1.807) is 0 Å². The molecule has 2 aliphatic carbocycles. The van der Waals surface area contributed by atoms with Gasteiger partial charge in [0.2, 0.25) is 11.8 Å². The number of rotatable bonds is 12. The van der Waals surface area contributed by atoms with Crippen molar-refractivity contribution in [3.8, 4) is 0 Å². The number of piperidine rings is 1. The first-order valence-electron chi connectivity index (χ1n) is 12.2. The zero-order valence-corrected chi connectivity index (χ0v) is 20.2. The maximum atomic E-state index is 14.6. The Kier molecular flexibility index (Phi) is 9.18. The average Bonchev–Trinajstić information content (AvgIpc) is 3.57. The van der Waals surface area contributed by atoms with Gasteiger partial charge in [-0.2, -0.15) is 5.11 Å². The van der Waals surface area contributed by atoms with E-state index in [1.165, 1.54) is 0 Å². The first-order valence-corrected chi connectivity index (χ1v) is 12.2. The smallest absolute Gasteiger partial charge is 0.245 e. The summed E-state index contributed by atoms with van der Waals surface area (Å²) in [6, 6.07) is 0. The number of halogens is 1. The van der Waals surface area contributed by atoms with Crippen LogP contribution in [0.25, 0.3) is 0 Å². The topological polar surface area (TPSA) is 127 Å². The van der Waals surface area contributed by atoms with Crippen LogP contribution >= 0.6 is 0 Å². The summed E-state index contributed by atoms with van der Waals surface area (Å²) in [6.07, 6.45) is 5.72. The van der Waals surface area contributed by atoms with Crippen LogP contribution in [0.2, 0.25) is 0 Å². The third-order valence-electron chi connectivity index (χ3n) is 6.92. The van der Waals surface area contributed by atoms with Crippen LogP contribution in [0.3, 0.4) is 0 Å². The highest BCUT2D eigenvalue weighted by molar-refractivity contribution is 5.94. The van der Waals surface area contributed by atoms with Crippen LogP contribution in [0, 0.1) is 23.3 Å². The molecule has 2 amide bonds. The van der Waals surface area contributed by atoms with Crippen LogP contribution in [-0.4, -0.2) is 66.9 Å². The van der Waals surface area contributed by atoms with Crippen molar-refractivity contribution in [2.24, 2.45) is 22.9 Å². The second-order valence-electron chi connectivity index (χ2n) is 10.0. The van der Waals surface area contributed by atoms with E-state index in [9.17, 15) is 14.0 Å². The van der Waals surface area contributed by atoms with Crippen molar-refractivity contribution < 1.29 is 23.8 Å². The van der Waals surface area contributed by atoms with Gasteiger partial charge >= 0.3 is 0 Å². The third-order valence-corrected chi connectivity index (χ3v) is 6.92. The molecule has 3 aliphatic rings. The van der Waals surface area contributed by atoms with E-state index in [1.807, 2.05) is 13.8 Å². The number of likely N-dealkylation sites (tertiary alicyclic amines) is 1. The van der Waals surface area contributed by atoms with Gasteiger partial charge in [0.25, 0.3) is 0 Å². The SMILES string of the molecule is CC1C=C(N2CCC(CNC(=O)C3(NC(=O)CC(C)CN=N)CC3)CC2)C(COCO)=C(F)C1. The Labute approximate surface area is 200 Å². The lowest BCUT2D eigenvalue weighted by atomic mass is 9.91. The Hall–Kier alpha value is -2.33. The highest BCUT2D eigenvalue weighted by Crippen LogP contribution is 2.36. The Morgan fingerprint density at radius 2 is 2.09 bits per heavy atom. The highest BCUT2D eigenvalue weighted by Gasteiger charge is 2.51. The number of allylic oxidation sites excluding steroid dienone is 2. The fraction of sp³-hybridized carbons (Fsp3) is 0.750. The minimum absolute atomic E-state index is 0.0251. The summed E-state index contributed by atoms with van der Waals surface area (Å²) >= 11 is 0. The molecule has 4 N–H and O–H groups in total. The van der Waals surface area contributed by atoms with E-state index in [0.717, 1.165) is 31.6 Å². The summed E-state index contributed by atoms with van der Waals surface area (Å²) in [5, 5.41) is 18.2. The fourth-order valence-corrected chi connectivity index (χ4v) is 4.74. The van der Waals surface area contributed by atoms with Crippen molar-refractivity contribution in [2.75, 3.05) is 39.6 Å². The molecule has 0 aromatic carbocycles. The van der Waals surface area contributed by atoms with Gasteiger partial charge in [0, 0.05) is 43.7 Å². The number of nitrogens with one attached hydrogen (secondary N) is 3. The van der Waals surface area contributed by atoms with Crippen molar-refractivity contribution in [3.63, 3.8) is 0 Å². The molecule has 1 saturated heterocycles. The Balaban J connectivity index is 1.46. The van der Waals surface area contributed by atoms with Crippen LogP contribution in [0.1, 0.15) is 52.4 Å². The van der Waals surface area contributed by atoms with Gasteiger partial charge in [0.15, 0.2) is 0 Å². The normalized spacial score (nSPS) is 23.2. The molecule has 2 unspecified atom stereocenters. The lowest BCUT2D eigenvalue weighted by molar-refractivity contribution is -0.130. The van der Waals surface area contributed by atoms with Crippen LogP contribution in [-0.2, 0) is 14.3 Å². The van der Waals surface area contributed by atoms with E-state index in [-0.39, 0.29) is 42.5 Å². The van der Waals surface area contributed by atoms with Crippen LogP contribution in [0.5, 0.6) is 0 Å². The van der Waals surface area contributed by atoms with Gasteiger partial charge in [-0.05, 0) is 43.4 Å². The summed E-state index contributed by atoms with van der Waals surface area (Å²) in [4.78, 5) is 27.2. The van der Waals surface area contributed by atoms with Crippen LogP contribution in [0.15, 0.2) is 28.3 Å². The van der Waals surface area contributed by atoms with Gasteiger partial charge < -0.3 is 25.4 Å². The first kappa shape index (κ1) is 26.3. The van der Waals surface area contributed by atoms with Crippen molar-refractivity contribution in [1.82, 2.24) is 15.5 Å². The number of hydrogen-bond donors (Lipinski definition) is 4. The summed E-state index contributed by atoms with van der Waals surface area (Å²) in [5.41, 5.74) is 7.50. The minimum Gasteiger partial charge on any atom is -0.371 e. The van der Waals surface area contributed by atoms with Gasteiger partial charge in [-0.25, -0.2) is 9.92 Å². The van der Waals surface area contributed by atoms with Crippen molar-refractivity contribution in [1.29, 1.82) is 5.53 Å². The number of ether oxygens (including phenoxy) is 1. The Morgan fingerprint density at radius 3 is 2.71 bits per heavy atom. The first-order chi connectivity index (χ1) is 16.3. The molecule has 0 bridgehead atoms. The molecule has 2 fully saturated rings. The Bertz CT molecular complexity index is 818. The number of carbonyl (C=O) groups excluding carboxylic acids is 2. The number of nitrogens with zero attached hydrogens (tertiary/aromatic N) is 2. The van der Waals surface area contributed by atoms with Gasteiger partial charge in [-0.3, -0.25) is 9.59 Å². The molecule has 0 aromatic rings. The molecular weight excluding hydrogens is 441 g/mol. The lowest BCUT2D eigenvalue weighted by Crippen LogP contribution is -2.50. The van der Waals surface area contributed by atoms with Crippen molar-refractivity contribution in [2.45, 2.75) is 57.9 Å².